The zero-order valence-corrected chi connectivity index (χ0v) is 12.5. The molecule has 22 heavy (non-hydrogen) atoms. The number of carbonyl (C=O) groups excluding carboxylic acids is 1. The topological polar surface area (TPSA) is 72.2 Å². The van der Waals surface area contributed by atoms with Gasteiger partial charge in [-0.3, -0.25) is 14.9 Å². The lowest BCUT2D eigenvalue weighted by Gasteiger charge is -2.06. The molecule has 0 aromatic heterocycles. The summed E-state index contributed by atoms with van der Waals surface area (Å²) in [6.07, 6.45) is 2.96. The summed E-state index contributed by atoms with van der Waals surface area (Å²) in [5, 5.41) is 13.9. The number of nitro benzene ring substituents is 1. The van der Waals surface area contributed by atoms with Gasteiger partial charge in [0.2, 0.25) is 5.91 Å². The fourth-order valence-corrected chi connectivity index (χ4v) is 2.05. The molecule has 112 valence electrons. The molecule has 0 spiro atoms. The van der Waals surface area contributed by atoms with E-state index in [9.17, 15) is 14.9 Å². The normalized spacial score (nSPS) is 10.6. The van der Waals surface area contributed by atoms with Gasteiger partial charge in [0.15, 0.2) is 0 Å². The first-order valence-electron chi connectivity index (χ1n) is 6.45. The van der Waals surface area contributed by atoms with Gasteiger partial charge in [-0.15, -0.1) is 0 Å². The van der Waals surface area contributed by atoms with Crippen LogP contribution in [0.2, 0.25) is 5.02 Å². The first-order chi connectivity index (χ1) is 10.5. The number of amides is 1. The SMILES string of the molecule is Cc1cc(Cl)ccc1NC(=O)/C=C/c1ccc([N+](=O)[O-])cc1. The summed E-state index contributed by atoms with van der Waals surface area (Å²) >= 11 is 5.86. The standard InChI is InChI=1S/C16H13ClN2O3/c1-11-10-13(17)5-8-15(11)18-16(20)9-4-12-2-6-14(7-3-12)19(21)22/h2-10H,1H3,(H,18,20)/b9-4+. The van der Waals surface area contributed by atoms with Crippen LogP contribution in [0.1, 0.15) is 11.1 Å². The number of benzene rings is 2. The molecule has 0 saturated heterocycles. The van der Waals surface area contributed by atoms with Crippen molar-refractivity contribution in [2.75, 3.05) is 5.32 Å². The summed E-state index contributed by atoms with van der Waals surface area (Å²) < 4.78 is 0. The third-order valence-corrected chi connectivity index (χ3v) is 3.21. The third-order valence-electron chi connectivity index (χ3n) is 2.98. The van der Waals surface area contributed by atoms with Crippen molar-refractivity contribution >= 4 is 35.0 Å². The van der Waals surface area contributed by atoms with E-state index in [1.807, 2.05) is 6.92 Å². The first kappa shape index (κ1) is 15.7. The van der Waals surface area contributed by atoms with Crippen LogP contribution in [-0.4, -0.2) is 10.8 Å². The number of rotatable bonds is 4. The second kappa shape index (κ2) is 6.87. The van der Waals surface area contributed by atoms with Gasteiger partial charge in [-0.1, -0.05) is 11.6 Å². The second-order valence-electron chi connectivity index (χ2n) is 4.63. The number of nitrogens with one attached hydrogen (secondary N) is 1. The molecule has 1 amide bonds. The molecule has 0 radical (unpaired) electrons. The molecular formula is C16H13ClN2O3. The Hall–Kier alpha value is -2.66. The van der Waals surface area contributed by atoms with E-state index in [-0.39, 0.29) is 11.6 Å². The van der Waals surface area contributed by atoms with E-state index in [4.69, 9.17) is 11.6 Å². The van der Waals surface area contributed by atoms with E-state index in [1.165, 1.54) is 18.2 Å². The van der Waals surface area contributed by atoms with E-state index in [0.717, 1.165) is 5.56 Å². The average Bonchev–Trinajstić information content (AvgIpc) is 2.48. The smallest absolute Gasteiger partial charge is 0.269 e. The Morgan fingerprint density at radius 3 is 2.50 bits per heavy atom. The van der Waals surface area contributed by atoms with E-state index in [0.29, 0.717) is 16.3 Å². The Labute approximate surface area is 132 Å². The molecular weight excluding hydrogens is 304 g/mol. The number of hydrogen-bond acceptors (Lipinski definition) is 3. The number of non-ortho nitro benzene ring substituents is 1. The molecule has 2 rings (SSSR count). The number of nitro groups is 1. The molecule has 1 N–H and O–H groups in total. The van der Waals surface area contributed by atoms with Gasteiger partial charge in [-0.2, -0.15) is 0 Å². The summed E-state index contributed by atoms with van der Waals surface area (Å²) in [6, 6.07) is 11.1. The van der Waals surface area contributed by atoms with E-state index in [2.05, 4.69) is 5.32 Å². The van der Waals surface area contributed by atoms with Crippen molar-refractivity contribution in [2.45, 2.75) is 6.92 Å². The van der Waals surface area contributed by atoms with Crippen LogP contribution in [0.4, 0.5) is 11.4 Å². The molecule has 0 aliphatic heterocycles. The minimum atomic E-state index is -0.469. The predicted octanol–water partition coefficient (Wildman–Crippen LogP) is 4.21. The molecule has 0 aliphatic carbocycles. The Kier molecular flexibility index (Phi) is 4.91. The summed E-state index contributed by atoms with van der Waals surface area (Å²) in [4.78, 5) is 21.9. The van der Waals surface area contributed by atoms with E-state index in [1.54, 1.807) is 36.4 Å². The lowest BCUT2D eigenvalue weighted by atomic mass is 10.2. The molecule has 2 aromatic carbocycles. The minimum Gasteiger partial charge on any atom is -0.322 e. The van der Waals surface area contributed by atoms with Crippen molar-refractivity contribution in [1.29, 1.82) is 0 Å². The van der Waals surface area contributed by atoms with Crippen LogP contribution < -0.4 is 5.32 Å². The van der Waals surface area contributed by atoms with Gasteiger partial charge in [-0.25, -0.2) is 0 Å². The highest BCUT2D eigenvalue weighted by molar-refractivity contribution is 6.30. The largest absolute Gasteiger partial charge is 0.322 e. The van der Waals surface area contributed by atoms with Crippen LogP contribution in [0.5, 0.6) is 0 Å². The maximum atomic E-state index is 11.9. The molecule has 0 fully saturated rings. The molecule has 0 heterocycles. The summed E-state index contributed by atoms with van der Waals surface area (Å²) in [7, 11) is 0. The quantitative estimate of drug-likeness (QED) is 0.521. The van der Waals surface area contributed by atoms with Crippen LogP contribution in [0.15, 0.2) is 48.5 Å². The number of nitrogens with zero attached hydrogens (tertiary/aromatic N) is 1. The average molecular weight is 317 g/mol. The van der Waals surface area contributed by atoms with Crippen molar-refractivity contribution in [3.8, 4) is 0 Å². The fraction of sp³-hybridized carbons (Fsp3) is 0.0625. The van der Waals surface area contributed by atoms with Gasteiger partial charge >= 0.3 is 0 Å². The van der Waals surface area contributed by atoms with Gasteiger partial charge in [0.05, 0.1) is 4.92 Å². The van der Waals surface area contributed by atoms with Crippen molar-refractivity contribution in [3.05, 3.63) is 74.8 Å². The van der Waals surface area contributed by atoms with Crippen molar-refractivity contribution < 1.29 is 9.72 Å². The van der Waals surface area contributed by atoms with Crippen LogP contribution >= 0.6 is 11.6 Å². The monoisotopic (exact) mass is 316 g/mol. The number of hydrogen-bond donors (Lipinski definition) is 1. The maximum Gasteiger partial charge on any atom is 0.269 e. The molecule has 0 aliphatic rings. The molecule has 0 atom stereocenters. The number of carbonyl (C=O) groups is 1. The highest BCUT2D eigenvalue weighted by Gasteiger charge is 2.04. The lowest BCUT2D eigenvalue weighted by Crippen LogP contribution is -2.08. The number of aryl methyl sites for hydroxylation is 1. The van der Waals surface area contributed by atoms with Gasteiger partial charge in [0, 0.05) is 28.9 Å². The van der Waals surface area contributed by atoms with Crippen molar-refractivity contribution in [2.24, 2.45) is 0 Å². The molecule has 6 heteroatoms. The summed E-state index contributed by atoms with van der Waals surface area (Å²) in [5.74, 6) is -0.288. The Bertz CT molecular complexity index is 740. The van der Waals surface area contributed by atoms with Gasteiger partial charge < -0.3 is 5.32 Å². The molecule has 0 bridgehead atoms. The minimum absolute atomic E-state index is 0.0124. The Morgan fingerprint density at radius 1 is 1.23 bits per heavy atom. The van der Waals surface area contributed by atoms with Gasteiger partial charge in [0.25, 0.3) is 5.69 Å². The molecule has 0 unspecified atom stereocenters. The molecule has 0 saturated carbocycles. The first-order valence-corrected chi connectivity index (χ1v) is 6.83. The lowest BCUT2D eigenvalue weighted by molar-refractivity contribution is -0.384. The van der Waals surface area contributed by atoms with Gasteiger partial charge in [-0.05, 0) is 54.5 Å². The summed E-state index contributed by atoms with van der Waals surface area (Å²) in [6.45, 7) is 1.85. The van der Waals surface area contributed by atoms with E-state index >= 15 is 0 Å². The van der Waals surface area contributed by atoms with Crippen molar-refractivity contribution in [3.63, 3.8) is 0 Å². The summed E-state index contributed by atoms with van der Waals surface area (Å²) in [5.41, 5.74) is 2.26. The Balaban J connectivity index is 2.03. The highest BCUT2D eigenvalue weighted by Crippen LogP contribution is 2.19. The zero-order valence-electron chi connectivity index (χ0n) is 11.7. The maximum absolute atomic E-state index is 11.9. The molecule has 5 nitrogen and oxygen atoms in total. The number of anilines is 1. The van der Waals surface area contributed by atoms with Crippen LogP contribution in [0, 0.1) is 17.0 Å². The third kappa shape index (κ3) is 4.17. The van der Waals surface area contributed by atoms with Gasteiger partial charge in [0.1, 0.15) is 0 Å². The second-order valence-corrected chi connectivity index (χ2v) is 5.07. The predicted molar refractivity (Wildman–Crippen MR) is 86.9 cm³/mol. The van der Waals surface area contributed by atoms with Crippen LogP contribution in [-0.2, 0) is 4.79 Å². The number of halogens is 1. The van der Waals surface area contributed by atoms with Crippen molar-refractivity contribution in [1.82, 2.24) is 0 Å². The van der Waals surface area contributed by atoms with Crippen LogP contribution in [0.25, 0.3) is 6.08 Å². The fourth-order valence-electron chi connectivity index (χ4n) is 1.82. The zero-order chi connectivity index (χ0) is 16.1. The van der Waals surface area contributed by atoms with Crippen LogP contribution in [0.3, 0.4) is 0 Å². The highest BCUT2D eigenvalue weighted by atomic mass is 35.5. The Morgan fingerprint density at radius 2 is 1.91 bits per heavy atom. The molecule has 2 aromatic rings. The van der Waals surface area contributed by atoms with E-state index < -0.39 is 4.92 Å².